The summed E-state index contributed by atoms with van der Waals surface area (Å²) < 4.78 is 60.8. The van der Waals surface area contributed by atoms with Crippen LogP contribution in [0.15, 0.2) is 85.5 Å². The Balaban J connectivity index is 0.000000188. The lowest BCUT2D eigenvalue weighted by molar-refractivity contribution is -0.164. The standard InChI is InChI=1S/C35H43N5O4.C33H40N4O6S.C4H9NO/c1-22-7-9-26(10-8-22)29-27-19-23(2)39-13-14-40(34-36-20-25(21-37-34)11-12-38-15-17-43-18-16-38)30(31(27)39)24(3)28(29)32(33(41)42)44-35(4,5)6;1-20-9-11-24(12-10-20)27-25-17-21(2)36-14-15-37(32-34-18-23(19-35-32)13-16-42-44(8,39)40)28(29(25)36)22(3)26(27)30(31(38)41-7)43-33(4,5)6;1-3-6-4-2-5-1/h7-10,19-21,32H,11-18H2,1-6H3,(H,41,42);9-12,17-19,30H,13-16H2,1-8H3;5H,1-4H2/t32-;30-;/m00./s1. The summed E-state index contributed by atoms with van der Waals surface area (Å²) in [7, 11) is -2.14. The topological polar surface area (TPSA) is 227 Å². The third-order valence-corrected chi connectivity index (χ3v) is 17.9. The lowest BCUT2D eigenvalue weighted by atomic mass is 9.87. The van der Waals surface area contributed by atoms with Crippen molar-refractivity contribution in [3.63, 3.8) is 0 Å². The molecule has 0 amide bonds. The molecule has 2 fully saturated rings. The molecule has 0 saturated carbocycles. The monoisotopic (exact) mass is 1300 g/mol. The Labute approximate surface area is 552 Å². The van der Waals surface area contributed by atoms with Gasteiger partial charge in [-0.3, -0.25) is 9.08 Å². The number of aliphatic carboxylic acids is 1. The number of aromatic nitrogens is 6. The summed E-state index contributed by atoms with van der Waals surface area (Å²) in [6.07, 6.45) is 7.37. The number of ether oxygens (including phenoxy) is 5. The van der Waals surface area contributed by atoms with Crippen LogP contribution in [-0.4, -0.2) is 163 Å². The fourth-order valence-electron chi connectivity index (χ4n) is 12.9. The normalized spacial score (nSPS) is 15.9. The highest BCUT2D eigenvalue weighted by atomic mass is 32.2. The number of carboxylic acid groups (broad SMARTS) is 1. The van der Waals surface area contributed by atoms with E-state index in [0.29, 0.717) is 37.0 Å². The molecule has 8 aromatic rings. The molecule has 0 unspecified atom stereocenters. The van der Waals surface area contributed by atoms with Gasteiger partial charge in [-0.25, -0.2) is 29.5 Å². The van der Waals surface area contributed by atoms with Crippen LogP contribution < -0.4 is 15.1 Å². The number of morpholine rings is 2. The number of carbonyl (C=O) groups excluding carboxylic acids is 1. The third-order valence-electron chi connectivity index (χ3n) is 17.3. The molecule has 94 heavy (non-hydrogen) atoms. The van der Waals surface area contributed by atoms with Gasteiger partial charge in [0.25, 0.3) is 10.1 Å². The summed E-state index contributed by atoms with van der Waals surface area (Å²) in [6, 6.07) is 21.0. The molecule has 0 aliphatic carbocycles. The van der Waals surface area contributed by atoms with Crippen LogP contribution in [0.1, 0.15) is 110 Å². The van der Waals surface area contributed by atoms with Gasteiger partial charge in [-0.2, -0.15) is 8.42 Å². The van der Waals surface area contributed by atoms with Crippen LogP contribution in [0.25, 0.3) is 44.1 Å². The average Bonchev–Trinajstić information content (AvgIpc) is 1.44. The molecular formula is C72H92N10O11S. The molecule has 0 spiro atoms. The fourth-order valence-corrected chi connectivity index (χ4v) is 13.3. The number of anilines is 4. The Bertz CT molecular complexity index is 4100. The quantitative estimate of drug-likeness (QED) is 0.0638. The van der Waals surface area contributed by atoms with Gasteiger partial charge in [0.05, 0.1) is 80.0 Å². The fraction of sp³-hybridized carbons (Fsp3) is 0.472. The van der Waals surface area contributed by atoms with Gasteiger partial charge >= 0.3 is 11.9 Å². The number of aryl methyl sites for hydroxylation is 4. The number of methoxy groups -OCH3 is 1. The van der Waals surface area contributed by atoms with E-state index >= 15 is 0 Å². The van der Waals surface area contributed by atoms with Crippen molar-refractivity contribution in [2.75, 3.05) is 102 Å². The molecule has 4 aromatic carbocycles. The minimum absolute atomic E-state index is 0.0182. The van der Waals surface area contributed by atoms with Gasteiger partial charge < -0.3 is 53.0 Å². The molecule has 4 aliphatic heterocycles. The Hall–Kier alpha value is -7.67. The molecule has 8 heterocycles. The minimum atomic E-state index is -3.52. The number of esters is 1. The minimum Gasteiger partial charge on any atom is -0.479 e. The molecule has 2 atom stereocenters. The van der Waals surface area contributed by atoms with E-state index in [4.69, 9.17) is 37.8 Å². The summed E-state index contributed by atoms with van der Waals surface area (Å²) in [5.74, 6) is -0.361. The molecule has 0 bridgehead atoms. The van der Waals surface area contributed by atoms with Crippen molar-refractivity contribution in [2.45, 2.75) is 132 Å². The van der Waals surface area contributed by atoms with Crippen molar-refractivity contribution in [3.05, 3.63) is 141 Å². The summed E-state index contributed by atoms with van der Waals surface area (Å²) in [6.45, 7) is 34.9. The largest absolute Gasteiger partial charge is 0.479 e. The molecule has 0 radical (unpaired) electrons. The number of benzene rings is 4. The van der Waals surface area contributed by atoms with Gasteiger partial charge in [0.1, 0.15) is 0 Å². The van der Waals surface area contributed by atoms with Crippen molar-refractivity contribution in [1.29, 1.82) is 0 Å². The summed E-state index contributed by atoms with van der Waals surface area (Å²) in [5, 5.41) is 15.8. The van der Waals surface area contributed by atoms with E-state index in [1.54, 1.807) is 12.4 Å². The van der Waals surface area contributed by atoms with Crippen LogP contribution in [0.4, 0.5) is 23.3 Å². The summed E-state index contributed by atoms with van der Waals surface area (Å²) in [5.41, 5.74) is 16.0. The van der Waals surface area contributed by atoms with Gasteiger partial charge in [0, 0.05) is 123 Å². The number of rotatable bonds is 17. The van der Waals surface area contributed by atoms with Gasteiger partial charge in [-0.1, -0.05) is 59.7 Å². The number of nitrogens with one attached hydrogen (secondary N) is 1. The van der Waals surface area contributed by atoms with Crippen molar-refractivity contribution in [2.24, 2.45) is 0 Å². The number of nitrogens with zero attached hydrogens (tertiary/aromatic N) is 9. The zero-order valence-corrected chi connectivity index (χ0v) is 57.8. The van der Waals surface area contributed by atoms with Crippen molar-refractivity contribution in [1.82, 2.24) is 39.3 Å². The number of carbonyl (C=O) groups is 2. The highest BCUT2D eigenvalue weighted by Gasteiger charge is 2.39. The Morgan fingerprint density at radius 2 is 1.03 bits per heavy atom. The third kappa shape index (κ3) is 15.8. The second-order valence-corrected chi connectivity index (χ2v) is 28.3. The molecule has 502 valence electrons. The molecular weight excluding hydrogens is 1210 g/mol. The first-order chi connectivity index (χ1) is 44.7. The molecule has 12 rings (SSSR count). The molecule has 2 saturated heterocycles. The zero-order valence-electron chi connectivity index (χ0n) is 57.0. The van der Waals surface area contributed by atoms with Gasteiger partial charge in [0.15, 0.2) is 12.2 Å². The molecule has 22 heteroatoms. The number of hydrogen-bond donors (Lipinski definition) is 2. The van der Waals surface area contributed by atoms with Crippen LogP contribution in [0.3, 0.4) is 0 Å². The predicted octanol–water partition coefficient (Wildman–Crippen LogP) is 11.3. The van der Waals surface area contributed by atoms with Crippen LogP contribution in [-0.2, 0) is 73.5 Å². The molecule has 21 nitrogen and oxygen atoms in total. The maximum atomic E-state index is 13.5. The van der Waals surface area contributed by atoms with Crippen LogP contribution >= 0.6 is 0 Å². The van der Waals surface area contributed by atoms with Gasteiger partial charge in [-0.05, 0) is 146 Å². The molecule has 2 N–H and O–H groups in total. The van der Waals surface area contributed by atoms with Crippen molar-refractivity contribution >= 4 is 67.1 Å². The Kier molecular flexibility index (Phi) is 21.4. The lowest BCUT2D eigenvalue weighted by Gasteiger charge is -2.35. The van der Waals surface area contributed by atoms with E-state index in [1.165, 1.54) is 7.11 Å². The van der Waals surface area contributed by atoms with E-state index in [0.717, 1.165) is 191 Å². The maximum Gasteiger partial charge on any atom is 0.339 e. The highest BCUT2D eigenvalue weighted by Crippen LogP contribution is 2.51. The van der Waals surface area contributed by atoms with E-state index in [9.17, 15) is 23.1 Å². The molecule has 4 aliphatic rings. The SMILES string of the molecule is C1COCCN1.COC(=O)[C@@H](OC(C)(C)C)c1c(C)c2c3c(cc(C)n3CCN2c2ncc(CCOS(C)(=O)=O)cn2)c1-c1ccc(C)cc1.Cc1ccc(-c2c([C@H](OC(C)(C)C)C(=O)O)c(C)c3c4c2cc(C)n4CCN3c2ncc(CCN3CCOCC3)cn2)cc1. The average molecular weight is 1310 g/mol. The first-order valence-corrected chi connectivity index (χ1v) is 34.2. The van der Waals surface area contributed by atoms with Gasteiger partial charge in [0.2, 0.25) is 11.9 Å². The van der Waals surface area contributed by atoms with E-state index in [2.05, 4.69) is 127 Å². The first kappa shape index (κ1) is 69.2. The second-order valence-electron chi connectivity index (χ2n) is 26.7. The van der Waals surface area contributed by atoms with Crippen LogP contribution in [0.2, 0.25) is 0 Å². The van der Waals surface area contributed by atoms with E-state index in [1.807, 2.05) is 67.8 Å². The van der Waals surface area contributed by atoms with Gasteiger partial charge in [-0.15, -0.1) is 0 Å². The Morgan fingerprint density at radius 3 is 1.43 bits per heavy atom. The summed E-state index contributed by atoms with van der Waals surface area (Å²) >= 11 is 0. The highest BCUT2D eigenvalue weighted by molar-refractivity contribution is 7.86. The zero-order chi connectivity index (χ0) is 67.4. The number of hydrogen-bond acceptors (Lipinski definition) is 18. The maximum absolute atomic E-state index is 13.5. The van der Waals surface area contributed by atoms with Crippen LogP contribution in [0.5, 0.6) is 0 Å². The predicted molar refractivity (Wildman–Crippen MR) is 367 cm³/mol. The Morgan fingerprint density at radius 1 is 0.606 bits per heavy atom. The van der Waals surface area contributed by atoms with E-state index < -0.39 is 45.5 Å². The second kappa shape index (κ2) is 29.1. The number of carboxylic acids is 1. The smallest absolute Gasteiger partial charge is 0.339 e. The van der Waals surface area contributed by atoms with Crippen molar-refractivity contribution < 1.29 is 51.0 Å². The van der Waals surface area contributed by atoms with Crippen molar-refractivity contribution in [3.8, 4) is 22.3 Å². The first-order valence-electron chi connectivity index (χ1n) is 32.4. The van der Waals surface area contributed by atoms with E-state index in [-0.39, 0.29) is 6.61 Å². The lowest BCUT2D eigenvalue weighted by Crippen LogP contribution is -2.37. The molecule has 4 aromatic heterocycles. The van der Waals surface area contributed by atoms with Crippen LogP contribution in [0, 0.1) is 41.5 Å². The summed E-state index contributed by atoms with van der Waals surface area (Å²) in [4.78, 5) is 52.2.